The average Bonchev–Trinajstić information content (AvgIpc) is 3.41. The van der Waals surface area contributed by atoms with Gasteiger partial charge in [-0.2, -0.15) is 0 Å². The number of carbonyl (C=O) groups is 2. The van der Waals surface area contributed by atoms with Gasteiger partial charge in [0.2, 0.25) is 5.91 Å². The molecule has 0 saturated heterocycles. The first kappa shape index (κ1) is 17.6. The van der Waals surface area contributed by atoms with Gasteiger partial charge in [-0.1, -0.05) is 19.9 Å². The van der Waals surface area contributed by atoms with Gasteiger partial charge in [-0.3, -0.25) is 9.59 Å². The number of carboxylic acid groups (broad SMARTS) is 1. The molecular weight excluding hydrogens is 322 g/mol. The first-order valence-electron chi connectivity index (χ1n) is 8.91. The lowest BCUT2D eigenvalue weighted by atomic mass is 9.88. The average molecular weight is 347 g/mol. The van der Waals surface area contributed by atoms with Gasteiger partial charge in [0.25, 0.3) is 0 Å². The fourth-order valence-corrected chi connectivity index (χ4v) is 3.51. The number of carboxylic acids is 1. The lowest BCUT2D eigenvalue weighted by Gasteiger charge is -2.31. The van der Waals surface area contributed by atoms with E-state index in [1.54, 1.807) is 0 Å². The Bertz CT molecular complexity index is 668. The van der Waals surface area contributed by atoms with E-state index in [4.69, 9.17) is 14.6 Å². The zero-order valence-corrected chi connectivity index (χ0v) is 14.7. The van der Waals surface area contributed by atoms with E-state index in [2.05, 4.69) is 5.32 Å². The number of aliphatic carboxylic acids is 1. The second-order valence-corrected chi connectivity index (χ2v) is 6.90. The number of nitrogens with one attached hydrogen (secondary N) is 1. The zero-order valence-electron chi connectivity index (χ0n) is 14.7. The summed E-state index contributed by atoms with van der Waals surface area (Å²) in [5, 5.41) is 12.2. The Kier molecular flexibility index (Phi) is 4.88. The topological polar surface area (TPSA) is 84.9 Å². The minimum atomic E-state index is -0.886. The van der Waals surface area contributed by atoms with Gasteiger partial charge < -0.3 is 19.9 Å². The van der Waals surface area contributed by atoms with E-state index >= 15 is 0 Å². The van der Waals surface area contributed by atoms with Crippen molar-refractivity contribution in [3.63, 3.8) is 0 Å². The summed E-state index contributed by atoms with van der Waals surface area (Å²) in [6.45, 7) is 4.92. The molecule has 6 nitrogen and oxygen atoms in total. The number of benzene rings is 1. The molecule has 1 aliphatic heterocycles. The Morgan fingerprint density at radius 2 is 1.88 bits per heavy atom. The number of fused-ring (bicyclic) bond motifs is 1. The monoisotopic (exact) mass is 347 g/mol. The quantitative estimate of drug-likeness (QED) is 0.792. The van der Waals surface area contributed by atoms with Crippen LogP contribution >= 0.6 is 0 Å². The van der Waals surface area contributed by atoms with Crippen molar-refractivity contribution in [3.05, 3.63) is 23.8 Å². The predicted molar refractivity (Wildman–Crippen MR) is 92.0 cm³/mol. The van der Waals surface area contributed by atoms with Crippen molar-refractivity contribution in [1.82, 2.24) is 5.32 Å². The highest BCUT2D eigenvalue weighted by Crippen LogP contribution is 2.49. The van der Waals surface area contributed by atoms with E-state index in [0.717, 1.165) is 23.5 Å². The van der Waals surface area contributed by atoms with Crippen LogP contribution < -0.4 is 14.8 Å². The third-order valence-electron chi connectivity index (χ3n) is 5.35. The number of rotatable bonds is 7. The molecule has 0 aromatic heterocycles. The first-order chi connectivity index (χ1) is 12.0. The largest absolute Gasteiger partial charge is 0.486 e. The molecular formula is C19H25NO5. The lowest BCUT2D eigenvalue weighted by molar-refractivity contribution is -0.139. The van der Waals surface area contributed by atoms with Crippen molar-refractivity contribution in [2.45, 2.75) is 51.0 Å². The van der Waals surface area contributed by atoms with Gasteiger partial charge in [0.1, 0.15) is 13.2 Å². The number of hydrogen-bond donors (Lipinski definition) is 2. The summed E-state index contributed by atoms with van der Waals surface area (Å²) in [7, 11) is 0. The maximum Gasteiger partial charge on any atom is 0.305 e. The van der Waals surface area contributed by atoms with Crippen LogP contribution in [0.3, 0.4) is 0 Å². The fraction of sp³-hybridized carbons (Fsp3) is 0.579. The molecule has 2 N–H and O–H groups in total. The maximum absolute atomic E-state index is 12.6. The van der Waals surface area contributed by atoms with E-state index < -0.39 is 11.5 Å². The number of ether oxygens (including phenoxy) is 2. The van der Waals surface area contributed by atoms with E-state index in [1.807, 2.05) is 32.0 Å². The smallest absolute Gasteiger partial charge is 0.305 e. The van der Waals surface area contributed by atoms with Gasteiger partial charge in [-0.05, 0) is 42.9 Å². The van der Waals surface area contributed by atoms with Crippen LogP contribution in [0.1, 0.15) is 51.0 Å². The molecule has 1 aliphatic carbocycles. The maximum atomic E-state index is 12.6. The summed E-state index contributed by atoms with van der Waals surface area (Å²) >= 11 is 0. The van der Waals surface area contributed by atoms with Gasteiger partial charge in [0.05, 0.1) is 6.42 Å². The summed E-state index contributed by atoms with van der Waals surface area (Å²) in [5.41, 5.74) is 0.407. The molecule has 136 valence electrons. The minimum absolute atomic E-state index is 0.0485. The van der Waals surface area contributed by atoms with Crippen LogP contribution in [0.4, 0.5) is 0 Å². The van der Waals surface area contributed by atoms with Gasteiger partial charge in [0, 0.05) is 11.5 Å². The van der Waals surface area contributed by atoms with Crippen LogP contribution in [0.2, 0.25) is 0 Å². The summed E-state index contributed by atoms with van der Waals surface area (Å²) in [4.78, 5) is 23.8. The highest BCUT2D eigenvalue weighted by Gasteiger charge is 2.46. The first-order valence-corrected chi connectivity index (χ1v) is 8.91. The molecule has 0 bridgehead atoms. The van der Waals surface area contributed by atoms with Crippen LogP contribution in [0.5, 0.6) is 11.5 Å². The molecule has 2 atom stereocenters. The number of carbonyl (C=O) groups excluding carboxylic acids is 1. The van der Waals surface area contributed by atoms with Gasteiger partial charge >= 0.3 is 5.97 Å². The molecule has 1 fully saturated rings. The Morgan fingerprint density at radius 3 is 2.52 bits per heavy atom. The molecule has 2 unspecified atom stereocenters. The lowest BCUT2D eigenvalue weighted by Crippen LogP contribution is -2.49. The second kappa shape index (κ2) is 6.94. The normalized spacial score (nSPS) is 21.5. The fourth-order valence-electron chi connectivity index (χ4n) is 3.51. The molecule has 6 heteroatoms. The van der Waals surface area contributed by atoms with E-state index in [9.17, 15) is 9.59 Å². The van der Waals surface area contributed by atoms with Crippen LogP contribution in [-0.4, -0.2) is 35.7 Å². The van der Waals surface area contributed by atoms with E-state index in [-0.39, 0.29) is 24.2 Å². The van der Waals surface area contributed by atoms with E-state index in [1.165, 1.54) is 0 Å². The highest BCUT2D eigenvalue weighted by molar-refractivity contribution is 5.84. The van der Waals surface area contributed by atoms with Gasteiger partial charge in [0.15, 0.2) is 11.5 Å². The standard InChI is InChI=1S/C19H25NO5/c1-3-19(4-2,11-17(21)22)20-18(23)14-10-13(14)12-5-6-15-16(9-12)25-8-7-24-15/h5-6,9,13-14H,3-4,7-8,10-11H2,1-2H3,(H,20,23)(H,21,22). The molecule has 2 aliphatic rings. The van der Waals surface area contributed by atoms with Gasteiger partial charge in [-0.15, -0.1) is 0 Å². The third kappa shape index (κ3) is 3.72. The summed E-state index contributed by atoms with van der Waals surface area (Å²) in [6, 6.07) is 5.83. The third-order valence-corrected chi connectivity index (χ3v) is 5.35. The highest BCUT2D eigenvalue weighted by atomic mass is 16.6. The molecule has 0 spiro atoms. The summed E-state index contributed by atoms with van der Waals surface area (Å²) < 4.78 is 11.1. The second-order valence-electron chi connectivity index (χ2n) is 6.90. The summed E-state index contributed by atoms with van der Waals surface area (Å²) in [6.07, 6.45) is 1.93. The van der Waals surface area contributed by atoms with Crippen molar-refractivity contribution in [3.8, 4) is 11.5 Å². The SMILES string of the molecule is CCC(CC)(CC(=O)O)NC(=O)C1CC1c1ccc2c(c1)OCCO2. The van der Waals surface area contributed by atoms with Gasteiger partial charge in [-0.25, -0.2) is 0 Å². The van der Waals surface area contributed by atoms with Crippen molar-refractivity contribution in [2.24, 2.45) is 5.92 Å². The van der Waals surface area contributed by atoms with Crippen molar-refractivity contribution in [2.75, 3.05) is 13.2 Å². The minimum Gasteiger partial charge on any atom is -0.486 e. The number of amides is 1. The molecule has 1 saturated carbocycles. The van der Waals surface area contributed by atoms with Crippen LogP contribution in [-0.2, 0) is 9.59 Å². The Balaban J connectivity index is 1.66. The summed E-state index contributed by atoms with van der Waals surface area (Å²) in [5.74, 6) is 0.597. The van der Waals surface area contributed by atoms with Crippen molar-refractivity contribution in [1.29, 1.82) is 0 Å². The molecule has 1 aromatic rings. The molecule has 1 amide bonds. The van der Waals surface area contributed by atoms with Crippen LogP contribution in [0, 0.1) is 5.92 Å². The Morgan fingerprint density at radius 1 is 1.20 bits per heavy atom. The Hall–Kier alpha value is -2.24. The molecule has 1 aromatic carbocycles. The molecule has 3 rings (SSSR count). The predicted octanol–water partition coefficient (Wildman–Crippen LogP) is 2.71. The molecule has 25 heavy (non-hydrogen) atoms. The molecule has 1 heterocycles. The van der Waals surface area contributed by atoms with E-state index in [0.29, 0.717) is 26.1 Å². The van der Waals surface area contributed by atoms with Crippen molar-refractivity contribution < 1.29 is 24.2 Å². The van der Waals surface area contributed by atoms with Crippen LogP contribution in [0.25, 0.3) is 0 Å². The zero-order chi connectivity index (χ0) is 18.0. The Labute approximate surface area is 147 Å². The van der Waals surface area contributed by atoms with Crippen LogP contribution in [0.15, 0.2) is 18.2 Å². The van der Waals surface area contributed by atoms with Crippen molar-refractivity contribution >= 4 is 11.9 Å². The number of hydrogen-bond acceptors (Lipinski definition) is 4. The molecule has 0 radical (unpaired) electrons.